The molecule has 0 saturated carbocycles. The van der Waals surface area contributed by atoms with Gasteiger partial charge in [0.25, 0.3) is 5.91 Å². The second-order valence-electron chi connectivity index (χ2n) is 7.86. The van der Waals surface area contributed by atoms with Crippen LogP contribution in [0, 0.1) is 6.92 Å². The van der Waals surface area contributed by atoms with E-state index in [0.717, 1.165) is 33.4 Å². The van der Waals surface area contributed by atoms with E-state index >= 15 is 0 Å². The molecule has 0 spiro atoms. The van der Waals surface area contributed by atoms with Crippen molar-refractivity contribution >= 4 is 27.4 Å². The number of nitrogens with zero attached hydrogens (tertiary/aromatic N) is 3. The molecule has 0 aliphatic carbocycles. The minimum atomic E-state index is -0.0537. The molecule has 33 heavy (non-hydrogen) atoms. The van der Waals surface area contributed by atoms with E-state index in [1.54, 1.807) is 11.0 Å². The molecule has 0 bridgehead atoms. The van der Waals surface area contributed by atoms with E-state index in [2.05, 4.69) is 41.6 Å². The molecule has 0 radical (unpaired) electrons. The summed E-state index contributed by atoms with van der Waals surface area (Å²) in [5, 5.41) is 4.91. The van der Waals surface area contributed by atoms with Crippen molar-refractivity contribution < 1.29 is 4.79 Å². The number of hydrogen-bond donors (Lipinski definition) is 0. The molecule has 1 aromatic heterocycles. The van der Waals surface area contributed by atoms with Crippen LogP contribution in [0.2, 0.25) is 0 Å². The Kier molecular flexibility index (Phi) is 8.61. The van der Waals surface area contributed by atoms with Crippen LogP contribution in [0.3, 0.4) is 0 Å². The summed E-state index contributed by atoms with van der Waals surface area (Å²) in [7, 11) is 1.83. The Hall–Kier alpha value is -3.18. The summed E-state index contributed by atoms with van der Waals surface area (Å²) in [6.07, 6.45) is 9.59. The van der Waals surface area contributed by atoms with Gasteiger partial charge < -0.3 is 4.90 Å². The molecule has 0 atom stereocenters. The topological polar surface area (TPSA) is 38.1 Å². The summed E-state index contributed by atoms with van der Waals surface area (Å²) < 4.78 is 2.87. The second-order valence-corrected chi connectivity index (χ2v) is 8.77. The lowest BCUT2D eigenvalue weighted by Gasteiger charge is -2.18. The van der Waals surface area contributed by atoms with Gasteiger partial charge in [-0.2, -0.15) is 5.10 Å². The molecule has 0 aliphatic heterocycles. The maximum absolute atomic E-state index is 13.7. The highest BCUT2D eigenvalue weighted by Gasteiger charge is 2.26. The average Bonchev–Trinajstić information content (AvgIpc) is 3.17. The minimum absolute atomic E-state index is 0.0537. The number of para-hydroxylation sites is 1. The number of halogens is 1. The molecule has 1 heterocycles. The fourth-order valence-corrected chi connectivity index (χ4v) is 3.96. The molecule has 0 fully saturated rings. The van der Waals surface area contributed by atoms with Crippen LogP contribution in [-0.2, 0) is 6.54 Å². The zero-order valence-corrected chi connectivity index (χ0v) is 21.0. The molecule has 170 valence electrons. The monoisotopic (exact) mass is 503 g/mol. The molecule has 0 unspecified atom stereocenters. The van der Waals surface area contributed by atoms with Gasteiger partial charge in [-0.05, 0) is 55.2 Å². The summed E-state index contributed by atoms with van der Waals surface area (Å²) >= 11 is 3.47. The second kappa shape index (κ2) is 11.6. The SMILES string of the molecule is C=C/C=C(\C/C=C\CC)c1nn(-c2ccccc2)c(C)c1C(=O)N(C)Cc1ccc(Br)cc1. The predicted octanol–water partition coefficient (Wildman–Crippen LogP) is 7.14. The smallest absolute Gasteiger partial charge is 0.258 e. The molecule has 5 heteroatoms. The highest BCUT2D eigenvalue weighted by molar-refractivity contribution is 9.10. The largest absolute Gasteiger partial charge is 0.337 e. The average molecular weight is 504 g/mol. The Balaban J connectivity index is 2.07. The first-order valence-corrected chi connectivity index (χ1v) is 11.9. The number of benzene rings is 2. The first-order valence-electron chi connectivity index (χ1n) is 11.1. The number of rotatable bonds is 9. The number of hydrogen-bond acceptors (Lipinski definition) is 2. The number of allylic oxidation sites excluding steroid dienone is 5. The normalized spacial score (nSPS) is 11.7. The van der Waals surface area contributed by atoms with Crippen LogP contribution in [0.1, 0.15) is 47.1 Å². The number of amides is 1. The first kappa shape index (κ1) is 24.5. The molecule has 0 aliphatic rings. The van der Waals surface area contributed by atoms with Gasteiger partial charge in [0.2, 0.25) is 0 Å². The van der Waals surface area contributed by atoms with E-state index in [4.69, 9.17) is 5.10 Å². The Morgan fingerprint density at radius 2 is 1.82 bits per heavy atom. The van der Waals surface area contributed by atoms with Crippen LogP contribution in [0.15, 0.2) is 90.0 Å². The third-order valence-corrected chi connectivity index (χ3v) is 5.90. The van der Waals surface area contributed by atoms with Crippen LogP contribution in [-0.4, -0.2) is 27.6 Å². The maximum atomic E-state index is 13.7. The van der Waals surface area contributed by atoms with Gasteiger partial charge in [0, 0.05) is 18.1 Å². The van der Waals surface area contributed by atoms with Crippen LogP contribution < -0.4 is 0 Å². The summed E-state index contributed by atoms with van der Waals surface area (Å²) in [6.45, 7) is 8.45. The van der Waals surface area contributed by atoms with Crippen molar-refractivity contribution in [3.05, 3.63) is 112 Å². The lowest BCUT2D eigenvalue weighted by Crippen LogP contribution is -2.27. The lowest BCUT2D eigenvalue weighted by molar-refractivity contribution is 0.0784. The van der Waals surface area contributed by atoms with E-state index in [1.807, 2.05) is 79.3 Å². The zero-order chi connectivity index (χ0) is 23.8. The molecule has 1 amide bonds. The van der Waals surface area contributed by atoms with Crippen LogP contribution in [0.4, 0.5) is 0 Å². The van der Waals surface area contributed by atoms with Gasteiger partial charge >= 0.3 is 0 Å². The Bertz CT molecular complexity index is 1160. The van der Waals surface area contributed by atoms with Crippen molar-refractivity contribution in [2.45, 2.75) is 33.2 Å². The minimum Gasteiger partial charge on any atom is -0.337 e. The van der Waals surface area contributed by atoms with Gasteiger partial charge in [0.05, 0.1) is 16.9 Å². The summed E-state index contributed by atoms with van der Waals surface area (Å²) in [6, 6.07) is 17.9. The van der Waals surface area contributed by atoms with Crippen molar-refractivity contribution in [2.75, 3.05) is 7.05 Å². The van der Waals surface area contributed by atoms with E-state index in [1.165, 1.54) is 0 Å². The van der Waals surface area contributed by atoms with Crippen molar-refractivity contribution in [3.63, 3.8) is 0 Å². The highest BCUT2D eigenvalue weighted by atomic mass is 79.9. The van der Waals surface area contributed by atoms with E-state index in [9.17, 15) is 4.79 Å². The van der Waals surface area contributed by atoms with Crippen molar-refractivity contribution in [2.24, 2.45) is 0 Å². The molecule has 3 rings (SSSR count). The van der Waals surface area contributed by atoms with Gasteiger partial charge in [0.15, 0.2) is 0 Å². The van der Waals surface area contributed by atoms with Crippen LogP contribution in [0.25, 0.3) is 11.3 Å². The van der Waals surface area contributed by atoms with Gasteiger partial charge in [-0.1, -0.05) is 84.1 Å². The van der Waals surface area contributed by atoms with Crippen LogP contribution >= 0.6 is 15.9 Å². The maximum Gasteiger partial charge on any atom is 0.258 e. The van der Waals surface area contributed by atoms with Gasteiger partial charge in [-0.15, -0.1) is 0 Å². The molecule has 2 aromatic carbocycles. The molecule has 3 aromatic rings. The molecule has 0 N–H and O–H groups in total. The number of aromatic nitrogens is 2. The standard InChI is InChI=1S/C28H30BrN3O/c1-5-7-9-13-23(12-6-2)27-26(21(3)32(30-27)25-14-10-8-11-15-25)28(33)31(4)20-22-16-18-24(29)19-17-22/h6-12,14-19H,2,5,13,20H2,1,3-4H3/b9-7-,23-12+. The predicted molar refractivity (Wildman–Crippen MR) is 140 cm³/mol. The summed E-state index contributed by atoms with van der Waals surface area (Å²) in [4.78, 5) is 15.5. The van der Waals surface area contributed by atoms with Crippen LogP contribution in [0.5, 0.6) is 0 Å². The Labute approximate surface area is 205 Å². The van der Waals surface area contributed by atoms with Gasteiger partial charge in [-0.25, -0.2) is 4.68 Å². The van der Waals surface area contributed by atoms with Gasteiger partial charge in [-0.3, -0.25) is 4.79 Å². The lowest BCUT2D eigenvalue weighted by atomic mass is 10.0. The molecule has 4 nitrogen and oxygen atoms in total. The van der Waals surface area contributed by atoms with E-state index in [0.29, 0.717) is 24.2 Å². The zero-order valence-electron chi connectivity index (χ0n) is 19.5. The third kappa shape index (κ3) is 5.99. The third-order valence-electron chi connectivity index (χ3n) is 5.37. The molecular formula is C28H30BrN3O. The van der Waals surface area contributed by atoms with Gasteiger partial charge in [0.1, 0.15) is 5.69 Å². The first-order chi connectivity index (χ1) is 16.0. The fraction of sp³-hybridized carbons (Fsp3) is 0.214. The number of carbonyl (C=O) groups is 1. The quantitative estimate of drug-likeness (QED) is 0.230. The Morgan fingerprint density at radius 3 is 2.45 bits per heavy atom. The molecule has 0 saturated heterocycles. The number of carbonyl (C=O) groups excluding carboxylic acids is 1. The van der Waals surface area contributed by atoms with Crippen molar-refractivity contribution in [1.82, 2.24) is 14.7 Å². The van der Waals surface area contributed by atoms with E-state index in [-0.39, 0.29) is 5.91 Å². The summed E-state index contributed by atoms with van der Waals surface area (Å²) in [5.74, 6) is -0.0537. The van der Waals surface area contributed by atoms with E-state index < -0.39 is 0 Å². The highest BCUT2D eigenvalue weighted by Crippen LogP contribution is 2.28. The molecular weight excluding hydrogens is 474 g/mol. The Morgan fingerprint density at radius 1 is 1.12 bits per heavy atom. The fourth-order valence-electron chi connectivity index (χ4n) is 3.69. The summed E-state index contributed by atoms with van der Waals surface area (Å²) in [5.41, 5.74) is 5.09. The van der Waals surface area contributed by atoms with Crippen molar-refractivity contribution in [3.8, 4) is 5.69 Å². The van der Waals surface area contributed by atoms with Crippen molar-refractivity contribution in [1.29, 1.82) is 0 Å².